The summed E-state index contributed by atoms with van der Waals surface area (Å²) in [6, 6.07) is 18.4. The average Bonchev–Trinajstić information content (AvgIpc) is 2.89. The highest BCUT2D eigenvalue weighted by molar-refractivity contribution is 7.99. The molecule has 0 heterocycles. The van der Waals surface area contributed by atoms with Crippen LogP contribution in [0.15, 0.2) is 66.7 Å². The first-order chi connectivity index (χ1) is 18.2. The highest BCUT2D eigenvalue weighted by Crippen LogP contribution is 2.26. The molecule has 3 aromatic rings. The van der Waals surface area contributed by atoms with E-state index in [0.717, 1.165) is 11.1 Å². The van der Waals surface area contributed by atoms with Gasteiger partial charge in [0.15, 0.2) is 0 Å². The topological polar surface area (TPSA) is 49.4 Å². The summed E-state index contributed by atoms with van der Waals surface area (Å²) in [6.07, 6.45) is 0.335. The molecule has 0 aliphatic heterocycles. The summed E-state index contributed by atoms with van der Waals surface area (Å²) >= 11 is 19.8. The van der Waals surface area contributed by atoms with Crippen molar-refractivity contribution in [3.05, 3.63) is 104 Å². The Morgan fingerprint density at radius 2 is 1.66 bits per heavy atom. The van der Waals surface area contributed by atoms with Crippen LogP contribution >= 0.6 is 46.6 Å². The SMILES string of the molecule is CC(C)CNC(=O)[C@H](Cc1ccccc1)N(Cc1ccc(Cl)c(Cl)c1)C(=O)CSCc1c(F)cccc1Cl. The summed E-state index contributed by atoms with van der Waals surface area (Å²) in [4.78, 5) is 28.7. The van der Waals surface area contributed by atoms with Crippen LogP contribution in [0.5, 0.6) is 0 Å². The van der Waals surface area contributed by atoms with Gasteiger partial charge in [-0.1, -0.05) is 91.1 Å². The summed E-state index contributed by atoms with van der Waals surface area (Å²) in [7, 11) is 0. The fourth-order valence-corrected chi connectivity index (χ4v) is 5.37. The minimum Gasteiger partial charge on any atom is -0.354 e. The monoisotopic (exact) mass is 594 g/mol. The summed E-state index contributed by atoms with van der Waals surface area (Å²) in [5, 5.41) is 4.07. The van der Waals surface area contributed by atoms with Gasteiger partial charge in [-0.2, -0.15) is 0 Å². The number of benzene rings is 3. The number of hydrogen-bond acceptors (Lipinski definition) is 3. The first-order valence-electron chi connectivity index (χ1n) is 12.2. The maximum Gasteiger partial charge on any atom is 0.243 e. The zero-order chi connectivity index (χ0) is 27.7. The molecule has 3 aromatic carbocycles. The van der Waals surface area contributed by atoms with Crippen molar-refractivity contribution in [3.8, 4) is 0 Å². The molecule has 38 heavy (non-hydrogen) atoms. The number of nitrogens with zero attached hydrogens (tertiary/aromatic N) is 1. The summed E-state index contributed by atoms with van der Waals surface area (Å²) in [5.41, 5.74) is 2.01. The van der Waals surface area contributed by atoms with Crippen LogP contribution in [0.3, 0.4) is 0 Å². The van der Waals surface area contributed by atoms with Crippen molar-refractivity contribution >= 4 is 58.4 Å². The van der Waals surface area contributed by atoms with Gasteiger partial charge < -0.3 is 10.2 Å². The van der Waals surface area contributed by atoms with Gasteiger partial charge in [0, 0.05) is 35.8 Å². The molecule has 1 atom stereocenters. The average molecular weight is 596 g/mol. The van der Waals surface area contributed by atoms with Crippen LogP contribution in [0.2, 0.25) is 15.1 Å². The van der Waals surface area contributed by atoms with Crippen LogP contribution < -0.4 is 5.32 Å². The molecule has 4 nitrogen and oxygen atoms in total. The van der Waals surface area contributed by atoms with Crippen molar-refractivity contribution in [1.82, 2.24) is 10.2 Å². The molecule has 3 rings (SSSR count). The van der Waals surface area contributed by atoms with E-state index in [-0.39, 0.29) is 35.8 Å². The maximum atomic E-state index is 14.2. The van der Waals surface area contributed by atoms with E-state index in [0.29, 0.717) is 33.6 Å². The molecule has 0 saturated carbocycles. The molecule has 0 aromatic heterocycles. The van der Waals surface area contributed by atoms with E-state index >= 15 is 0 Å². The second-order valence-electron chi connectivity index (χ2n) is 9.31. The van der Waals surface area contributed by atoms with E-state index < -0.39 is 11.9 Å². The third-order valence-electron chi connectivity index (χ3n) is 5.83. The van der Waals surface area contributed by atoms with Crippen LogP contribution in [-0.2, 0) is 28.3 Å². The second kappa shape index (κ2) is 14.8. The normalized spacial score (nSPS) is 11.9. The smallest absolute Gasteiger partial charge is 0.243 e. The zero-order valence-corrected chi connectivity index (χ0v) is 24.3. The van der Waals surface area contributed by atoms with E-state index in [1.165, 1.54) is 17.8 Å². The van der Waals surface area contributed by atoms with Gasteiger partial charge in [0.2, 0.25) is 11.8 Å². The van der Waals surface area contributed by atoms with Gasteiger partial charge in [-0.25, -0.2) is 4.39 Å². The minimum absolute atomic E-state index is 0.0364. The Balaban J connectivity index is 1.88. The van der Waals surface area contributed by atoms with E-state index in [2.05, 4.69) is 5.32 Å². The Labute approximate surface area is 242 Å². The van der Waals surface area contributed by atoms with Crippen molar-refractivity contribution in [3.63, 3.8) is 0 Å². The first kappa shape index (κ1) is 30.3. The quantitative estimate of drug-likeness (QED) is 0.237. The molecule has 9 heteroatoms. The lowest BCUT2D eigenvalue weighted by Crippen LogP contribution is -2.51. The highest BCUT2D eigenvalue weighted by atomic mass is 35.5. The first-order valence-corrected chi connectivity index (χ1v) is 14.5. The van der Waals surface area contributed by atoms with Gasteiger partial charge in [0.1, 0.15) is 11.9 Å². The number of carbonyl (C=O) groups excluding carboxylic acids is 2. The summed E-state index contributed by atoms with van der Waals surface area (Å²) < 4.78 is 14.2. The number of hydrogen-bond donors (Lipinski definition) is 1. The molecule has 0 spiro atoms. The van der Waals surface area contributed by atoms with E-state index in [1.54, 1.807) is 35.2 Å². The molecular formula is C29H30Cl3FN2O2S. The maximum absolute atomic E-state index is 14.2. The highest BCUT2D eigenvalue weighted by Gasteiger charge is 2.30. The van der Waals surface area contributed by atoms with Gasteiger partial charge >= 0.3 is 0 Å². The van der Waals surface area contributed by atoms with Crippen molar-refractivity contribution in [1.29, 1.82) is 0 Å². The summed E-state index contributed by atoms with van der Waals surface area (Å²) in [5.74, 6) is -0.404. The lowest BCUT2D eigenvalue weighted by molar-refractivity contribution is -0.139. The Hall–Kier alpha value is -2.25. The second-order valence-corrected chi connectivity index (χ2v) is 11.5. The molecular weight excluding hydrogens is 566 g/mol. The zero-order valence-electron chi connectivity index (χ0n) is 21.2. The number of halogens is 4. The largest absolute Gasteiger partial charge is 0.354 e. The Bertz CT molecular complexity index is 1220. The Morgan fingerprint density at radius 1 is 0.921 bits per heavy atom. The fraction of sp³-hybridized carbons (Fsp3) is 0.310. The predicted octanol–water partition coefficient (Wildman–Crippen LogP) is 7.43. The Morgan fingerprint density at radius 3 is 2.32 bits per heavy atom. The van der Waals surface area contributed by atoms with Gasteiger partial charge in [0.05, 0.1) is 15.8 Å². The van der Waals surface area contributed by atoms with Gasteiger partial charge in [-0.05, 0) is 41.3 Å². The number of rotatable bonds is 12. The molecule has 0 radical (unpaired) electrons. The molecule has 1 N–H and O–H groups in total. The standard InChI is InChI=1S/C29H30Cl3FN2O2S/c1-19(2)15-34-29(37)27(14-20-7-4-3-5-8-20)35(16-21-11-12-24(31)25(32)13-21)28(36)18-38-17-22-23(30)9-6-10-26(22)33/h3-13,19,27H,14-18H2,1-2H3,(H,34,37)/t27-/m0/s1. The van der Waals surface area contributed by atoms with Crippen molar-refractivity contribution in [2.75, 3.05) is 12.3 Å². The molecule has 0 saturated heterocycles. The molecule has 202 valence electrons. The number of thioether (sulfide) groups is 1. The third kappa shape index (κ3) is 8.91. The van der Waals surface area contributed by atoms with E-state index in [9.17, 15) is 14.0 Å². The van der Waals surface area contributed by atoms with Gasteiger partial charge in [-0.3, -0.25) is 9.59 Å². The van der Waals surface area contributed by atoms with E-state index in [4.69, 9.17) is 34.8 Å². The van der Waals surface area contributed by atoms with Gasteiger partial charge in [0.25, 0.3) is 0 Å². The number of carbonyl (C=O) groups is 2. The molecule has 0 aliphatic rings. The molecule has 0 aliphatic carbocycles. The number of amides is 2. The molecule has 0 unspecified atom stereocenters. The molecule has 0 bridgehead atoms. The van der Waals surface area contributed by atoms with Crippen LogP contribution in [0.25, 0.3) is 0 Å². The number of nitrogens with one attached hydrogen (secondary N) is 1. The molecule has 2 amide bonds. The van der Waals surface area contributed by atoms with Crippen molar-refractivity contribution in [2.45, 2.75) is 38.6 Å². The van der Waals surface area contributed by atoms with Crippen LogP contribution in [0, 0.1) is 11.7 Å². The lowest BCUT2D eigenvalue weighted by atomic mass is 10.0. The third-order valence-corrected chi connectivity index (χ3v) is 7.86. The minimum atomic E-state index is -0.768. The van der Waals surface area contributed by atoms with Crippen molar-refractivity contribution in [2.24, 2.45) is 5.92 Å². The van der Waals surface area contributed by atoms with Crippen molar-refractivity contribution < 1.29 is 14.0 Å². The van der Waals surface area contributed by atoms with Gasteiger partial charge in [-0.15, -0.1) is 11.8 Å². The van der Waals surface area contributed by atoms with E-state index in [1.807, 2.05) is 44.2 Å². The van der Waals surface area contributed by atoms with Crippen LogP contribution in [0.1, 0.15) is 30.5 Å². The molecule has 0 fully saturated rings. The Kier molecular flexibility index (Phi) is 11.8. The lowest BCUT2D eigenvalue weighted by Gasteiger charge is -2.32. The van der Waals surface area contributed by atoms with Crippen LogP contribution in [-0.4, -0.2) is 35.1 Å². The predicted molar refractivity (Wildman–Crippen MR) is 156 cm³/mol. The van der Waals surface area contributed by atoms with Crippen LogP contribution in [0.4, 0.5) is 4.39 Å². The fourth-order valence-electron chi connectivity index (χ4n) is 3.80. The summed E-state index contributed by atoms with van der Waals surface area (Å²) in [6.45, 7) is 4.66.